The van der Waals surface area contributed by atoms with Crippen LogP contribution in [0.15, 0.2) is 18.5 Å². The fourth-order valence-corrected chi connectivity index (χ4v) is 1.21. The third kappa shape index (κ3) is 4.40. The molecular formula is C12H17N3O3. The molecule has 0 saturated heterocycles. The lowest BCUT2D eigenvalue weighted by Crippen LogP contribution is -2.38. The van der Waals surface area contributed by atoms with Crippen molar-refractivity contribution in [2.24, 2.45) is 5.92 Å². The van der Waals surface area contributed by atoms with Crippen molar-refractivity contribution in [1.29, 1.82) is 0 Å². The van der Waals surface area contributed by atoms with Crippen LogP contribution in [0.5, 0.6) is 5.75 Å². The second-order valence-electron chi connectivity index (χ2n) is 4.27. The number of hydrogen-bond acceptors (Lipinski definition) is 4. The maximum Gasteiger partial charge on any atom is 0.255 e. The van der Waals surface area contributed by atoms with E-state index < -0.39 is 5.91 Å². The van der Waals surface area contributed by atoms with Crippen molar-refractivity contribution in [3.8, 4) is 5.75 Å². The van der Waals surface area contributed by atoms with Gasteiger partial charge >= 0.3 is 0 Å². The zero-order valence-corrected chi connectivity index (χ0v) is 10.4. The number of carbonyl (C=O) groups is 2. The molecule has 98 valence electrons. The first-order valence-corrected chi connectivity index (χ1v) is 5.68. The monoisotopic (exact) mass is 251 g/mol. The van der Waals surface area contributed by atoms with Crippen molar-refractivity contribution >= 4 is 11.8 Å². The summed E-state index contributed by atoms with van der Waals surface area (Å²) in [6.45, 7) is 4.41. The van der Waals surface area contributed by atoms with Crippen molar-refractivity contribution in [2.75, 3.05) is 13.1 Å². The van der Waals surface area contributed by atoms with Gasteiger partial charge in [0.05, 0.1) is 18.3 Å². The van der Waals surface area contributed by atoms with Crippen LogP contribution in [0.3, 0.4) is 0 Å². The highest BCUT2D eigenvalue weighted by Gasteiger charge is 2.11. The molecule has 6 nitrogen and oxygen atoms in total. The molecule has 1 aromatic heterocycles. The molecular weight excluding hydrogens is 234 g/mol. The zero-order valence-electron chi connectivity index (χ0n) is 10.4. The lowest BCUT2D eigenvalue weighted by atomic mass is 10.2. The summed E-state index contributed by atoms with van der Waals surface area (Å²) in [5.41, 5.74) is 0.0988. The van der Waals surface area contributed by atoms with Crippen LogP contribution < -0.4 is 10.6 Å². The molecule has 0 aliphatic heterocycles. The Morgan fingerprint density at radius 1 is 1.39 bits per heavy atom. The van der Waals surface area contributed by atoms with Crippen LogP contribution in [0.2, 0.25) is 0 Å². The van der Waals surface area contributed by atoms with Crippen LogP contribution in [-0.4, -0.2) is 35.0 Å². The zero-order chi connectivity index (χ0) is 13.5. The van der Waals surface area contributed by atoms with E-state index in [1.165, 1.54) is 18.5 Å². The molecule has 6 heteroatoms. The van der Waals surface area contributed by atoms with E-state index in [4.69, 9.17) is 0 Å². The molecule has 0 aliphatic rings. The van der Waals surface area contributed by atoms with Crippen molar-refractivity contribution < 1.29 is 14.7 Å². The number of carbonyl (C=O) groups excluding carboxylic acids is 2. The minimum Gasteiger partial charge on any atom is -0.505 e. The Labute approximate surface area is 105 Å². The van der Waals surface area contributed by atoms with Gasteiger partial charge in [0.25, 0.3) is 5.91 Å². The van der Waals surface area contributed by atoms with E-state index >= 15 is 0 Å². The molecule has 0 atom stereocenters. The van der Waals surface area contributed by atoms with Crippen LogP contribution in [0.1, 0.15) is 24.2 Å². The molecule has 1 rings (SSSR count). The van der Waals surface area contributed by atoms with E-state index in [-0.39, 0.29) is 23.8 Å². The molecule has 0 aromatic carbocycles. The van der Waals surface area contributed by atoms with E-state index in [9.17, 15) is 14.7 Å². The lowest BCUT2D eigenvalue weighted by molar-refractivity contribution is -0.120. The smallest absolute Gasteiger partial charge is 0.255 e. The SMILES string of the molecule is CC(C)CNC(=O)CNC(=O)c1ccncc1O. The van der Waals surface area contributed by atoms with E-state index in [2.05, 4.69) is 15.6 Å². The Morgan fingerprint density at radius 3 is 2.72 bits per heavy atom. The highest BCUT2D eigenvalue weighted by Crippen LogP contribution is 2.12. The van der Waals surface area contributed by atoms with Gasteiger partial charge < -0.3 is 15.7 Å². The van der Waals surface area contributed by atoms with Gasteiger partial charge in [-0.05, 0) is 12.0 Å². The Bertz CT molecular complexity index is 432. The fraction of sp³-hybridized carbons (Fsp3) is 0.417. The first-order valence-electron chi connectivity index (χ1n) is 5.68. The maximum absolute atomic E-state index is 11.6. The van der Waals surface area contributed by atoms with Gasteiger partial charge in [0.2, 0.25) is 5.91 Å². The summed E-state index contributed by atoms with van der Waals surface area (Å²) in [4.78, 5) is 26.7. The molecule has 0 bridgehead atoms. The summed E-state index contributed by atoms with van der Waals surface area (Å²) in [6, 6.07) is 1.39. The van der Waals surface area contributed by atoms with Gasteiger partial charge in [-0.25, -0.2) is 0 Å². The summed E-state index contributed by atoms with van der Waals surface area (Å²) < 4.78 is 0. The van der Waals surface area contributed by atoms with Crippen LogP contribution >= 0.6 is 0 Å². The first-order chi connectivity index (χ1) is 8.50. The molecule has 0 fully saturated rings. The predicted molar refractivity (Wildman–Crippen MR) is 66.1 cm³/mol. The second kappa shape index (κ2) is 6.58. The molecule has 0 radical (unpaired) electrons. The van der Waals surface area contributed by atoms with Crippen molar-refractivity contribution in [2.45, 2.75) is 13.8 Å². The third-order valence-corrected chi connectivity index (χ3v) is 2.16. The Hall–Kier alpha value is -2.11. The molecule has 1 heterocycles. The van der Waals surface area contributed by atoms with Gasteiger partial charge in [-0.2, -0.15) is 0 Å². The molecule has 0 aliphatic carbocycles. The molecule has 3 N–H and O–H groups in total. The summed E-state index contributed by atoms with van der Waals surface area (Å²) in [6.07, 6.45) is 2.57. The molecule has 2 amide bonds. The highest BCUT2D eigenvalue weighted by molar-refractivity contribution is 5.98. The third-order valence-electron chi connectivity index (χ3n) is 2.16. The Morgan fingerprint density at radius 2 is 2.11 bits per heavy atom. The number of aromatic nitrogens is 1. The maximum atomic E-state index is 11.6. The molecule has 0 unspecified atom stereocenters. The summed E-state index contributed by atoms with van der Waals surface area (Å²) in [5, 5.41) is 14.5. The van der Waals surface area contributed by atoms with Gasteiger partial charge in [-0.15, -0.1) is 0 Å². The minimum absolute atomic E-state index is 0.0988. The van der Waals surface area contributed by atoms with E-state index in [1.807, 2.05) is 13.8 Å². The van der Waals surface area contributed by atoms with Crippen LogP contribution in [-0.2, 0) is 4.79 Å². The summed E-state index contributed by atoms with van der Waals surface area (Å²) in [7, 11) is 0. The number of nitrogens with zero attached hydrogens (tertiary/aromatic N) is 1. The summed E-state index contributed by atoms with van der Waals surface area (Å²) >= 11 is 0. The van der Waals surface area contributed by atoms with Crippen molar-refractivity contribution in [3.05, 3.63) is 24.0 Å². The number of amides is 2. The molecule has 0 spiro atoms. The standard InChI is InChI=1S/C12H17N3O3/c1-8(2)5-14-11(17)7-15-12(18)9-3-4-13-6-10(9)16/h3-4,6,8,16H,5,7H2,1-2H3,(H,14,17)(H,15,18). The van der Waals surface area contributed by atoms with Crippen LogP contribution in [0, 0.1) is 5.92 Å². The average Bonchev–Trinajstić information content (AvgIpc) is 2.34. The predicted octanol–water partition coefficient (Wildman–Crippen LogP) is 0.289. The van der Waals surface area contributed by atoms with Gasteiger partial charge in [-0.1, -0.05) is 13.8 Å². The number of aromatic hydroxyl groups is 1. The van der Waals surface area contributed by atoms with Crippen molar-refractivity contribution in [3.63, 3.8) is 0 Å². The normalized spacial score (nSPS) is 10.2. The Balaban J connectivity index is 2.42. The second-order valence-corrected chi connectivity index (χ2v) is 4.27. The lowest BCUT2D eigenvalue weighted by Gasteiger charge is -2.09. The quantitative estimate of drug-likeness (QED) is 0.701. The van der Waals surface area contributed by atoms with Gasteiger partial charge in [0.1, 0.15) is 5.75 Å². The van der Waals surface area contributed by atoms with E-state index in [0.717, 1.165) is 0 Å². The van der Waals surface area contributed by atoms with E-state index in [0.29, 0.717) is 12.5 Å². The topological polar surface area (TPSA) is 91.3 Å². The fourth-order valence-electron chi connectivity index (χ4n) is 1.21. The minimum atomic E-state index is -0.505. The largest absolute Gasteiger partial charge is 0.505 e. The van der Waals surface area contributed by atoms with Crippen LogP contribution in [0.4, 0.5) is 0 Å². The average molecular weight is 251 g/mol. The van der Waals surface area contributed by atoms with Gasteiger partial charge in [-0.3, -0.25) is 14.6 Å². The number of rotatable bonds is 5. The summed E-state index contributed by atoms with van der Waals surface area (Å²) in [5.74, 6) is -0.619. The molecule has 1 aromatic rings. The number of hydrogen-bond donors (Lipinski definition) is 3. The number of pyridine rings is 1. The van der Waals surface area contributed by atoms with Crippen molar-refractivity contribution in [1.82, 2.24) is 15.6 Å². The number of nitrogens with one attached hydrogen (secondary N) is 2. The van der Waals surface area contributed by atoms with E-state index in [1.54, 1.807) is 0 Å². The highest BCUT2D eigenvalue weighted by atomic mass is 16.3. The Kier molecular flexibility index (Phi) is 5.10. The van der Waals surface area contributed by atoms with Gasteiger partial charge in [0.15, 0.2) is 0 Å². The molecule has 18 heavy (non-hydrogen) atoms. The van der Waals surface area contributed by atoms with Gasteiger partial charge in [0, 0.05) is 12.7 Å². The van der Waals surface area contributed by atoms with Crippen LogP contribution in [0.25, 0.3) is 0 Å². The first kappa shape index (κ1) is 14.0. The molecule has 0 saturated carbocycles.